The van der Waals surface area contributed by atoms with Crippen molar-refractivity contribution in [1.82, 2.24) is 15.2 Å². The fourth-order valence-electron chi connectivity index (χ4n) is 3.49. The maximum Gasteiger partial charge on any atom is 0.325 e. The lowest BCUT2D eigenvalue weighted by Gasteiger charge is -2.29. The molecular weight excluding hydrogens is 450 g/mol. The van der Waals surface area contributed by atoms with Crippen LogP contribution in [0.4, 0.5) is 0 Å². The number of allylic oxidation sites excluding steroid dienone is 1. The molecule has 2 aromatic rings. The van der Waals surface area contributed by atoms with Gasteiger partial charge in [0.15, 0.2) is 0 Å². The molecule has 0 aliphatic carbocycles. The van der Waals surface area contributed by atoms with Crippen molar-refractivity contribution in [1.29, 1.82) is 0 Å². The summed E-state index contributed by atoms with van der Waals surface area (Å²) in [5.74, 6) is -1.64. The summed E-state index contributed by atoms with van der Waals surface area (Å²) >= 11 is 0. The fraction of sp³-hybridized carbons (Fsp3) is 0.364. The zero-order chi connectivity index (χ0) is 24.0. The summed E-state index contributed by atoms with van der Waals surface area (Å²) in [6, 6.07) is 8.16. The van der Waals surface area contributed by atoms with Crippen LogP contribution in [-0.2, 0) is 28.6 Å². The van der Waals surface area contributed by atoms with Crippen molar-refractivity contribution in [2.24, 2.45) is 0 Å². The summed E-state index contributed by atoms with van der Waals surface area (Å²) in [5.41, 5.74) is 0.721. The molecule has 33 heavy (non-hydrogen) atoms. The molecule has 1 atom stereocenters. The van der Waals surface area contributed by atoms with E-state index in [0.29, 0.717) is 17.4 Å². The Morgan fingerprint density at radius 3 is 2.73 bits per heavy atom. The van der Waals surface area contributed by atoms with Gasteiger partial charge in [0, 0.05) is 18.1 Å². The van der Waals surface area contributed by atoms with Crippen LogP contribution in [0, 0.1) is 0 Å². The largest absolute Gasteiger partial charge is 0.468 e. The number of aromatic nitrogens is 1. The predicted molar refractivity (Wildman–Crippen MR) is 120 cm³/mol. The SMILES string of the molecule is COC(=O)CN1C/C(COS(C)(=O)=O)=C\CCC(NC(=O)c2nccc3ccccc23)C1=O. The minimum atomic E-state index is -3.68. The molecule has 0 spiro atoms. The molecule has 0 radical (unpaired) electrons. The van der Waals surface area contributed by atoms with Crippen LogP contribution in [0.1, 0.15) is 23.3 Å². The number of pyridine rings is 1. The topological polar surface area (TPSA) is 132 Å². The number of esters is 1. The molecule has 176 valence electrons. The molecule has 0 saturated carbocycles. The number of benzene rings is 1. The standard InChI is InChI=1S/C22H25N3O7S/c1-31-19(26)13-25-12-15(14-32-33(2,29)30)6-5-9-18(22(25)28)24-21(27)20-17-8-4-3-7-16(17)10-11-23-20/h3-4,6-8,10-11,18H,5,9,12-14H2,1-2H3,(H,24,27)/b15-6+. The summed E-state index contributed by atoms with van der Waals surface area (Å²) in [6.07, 6.45) is 4.85. The van der Waals surface area contributed by atoms with Gasteiger partial charge in [-0.1, -0.05) is 30.3 Å². The summed E-state index contributed by atoms with van der Waals surface area (Å²) in [6.45, 7) is -0.631. The fourth-order valence-corrected chi connectivity index (χ4v) is 3.85. The zero-order valence-corrected chi connectivity index (χ0v) is 19.1. The summed E-state index contributed by atoms with van der Waals surface area (Å²) in [5, 5.41) is 4.23. The van der Waals surface area contributed by atoms with Gasteiger partial charge in [0.2, 0.25) is 5.91 Å². The maximum atomic E-state index is 13.2. The third-order valence-electron chi connectivity index (χ3n) is 5.09. The van der Waals surface area contributed by atoms with Crippen LogP contribution in [0.25, 0.3) is 10.8 Å². The number of hydrogen-bond donors (Lipinski definition) is 1. The highest BCUT2D eigenvalue weighted by atomic mass is 32.2. The van der Waals surface area contributed by atoms with Gasteiger partial charge in [0.05, 0.1) is 20.0 Å². The summed E-state index contributed by atoms with van der Waals surface area (Å²) in [7, 11) is -2.48. The van der Waals surface area contributed by atoms with E-state index in [2.05, 4.69) is 15.0 Å². The third-order valence-corrected chi connectivity index (χ3v) is 5.64. The lowest BCUT2D eigenvalue weighted by Crippen LogP contribution is -2.51. The molecule has 2 heterocycles. The molecule has 1 aromatic heterocycles. The van der Waals surface area contributed by atoms with E-state index in [9.17, 15) is 22.8 Å². The van der Waals surface area contributed by atoms with E-state index >= 15 is 0 Å². The summed E-state index contributed by atoms with van der Waals surface area (Å²) < 4.78 is 32.2. The Labute approximate surface area is 191 Å². The Kier molecular flexibility index (Phi) is 7.77. The number of methoxy groups -OCH3 is 1. The molecule has 0 fully saturated rings. The quantitative estimate of drug-likeness (QED) is 0.357. The molecule has 1 aliphatic rings. The van der Waals surface area contributed by atoms with E-state index in [1.807, 2.05) is 12.1 Å². The molecule has 1 aliphatic heterocycles. The monoisotopic (exact) mass is 475 g/mol. The second-order valence-corrected chi connectivity index (χ2v) is 9.23. The van der Waals surface area contributed by atoms with Crippen LogP contribution in [0.2, 0.25) is 0 Å². The van der Waals surface area contributed by atoms with Crippen LogP contribution in [-0.4, -0.2) is 75.2 Å². The average molecular weight is 476 g/mol. The number of nitrogens with one attached hydrogen (secondary N) is 1. The van der Waals surface area contributed by atoms with Gasteiger partial charge >= 0.3 is 5.97 Å². The van der Waals surface area contributed by atoms with E-state index in [4.69, 9.17) is 4.18 Å². The Hall–Kier alpha value is -3.31. The molecule has 2 amide bonds. The number of rotatable bonds is 7. The highest BCUT2D eigenvalue weighted by molar-refractivity contribution is 7.86. The molecule has 10 nitrogen and oxygen atoms in total. The van der Waals surface area contributed by atoms with Crippen molar-refractivity contribution in [2.75, 3.05) is 33.1 Å². The van der Waals surface area contributed by atoms with E-state index in [-0.39, 0.29) is 31.8 Å². The van der Waals surface area contributed by atoms with Crippen molar-refractivity contribution in [3.8, 4) is 0 Å². The Morgan fingerprint density at radius 2 is 2.00 bits per heavy atom. The van der Waals surface area contributed by atoms with E-state index < -0.39 is 33.9 Å². The number of amides is 2. The number of hydrogen-bond acceptors (Lipinski definition) is 8. The van der Waals surface area contributed by atoms with E-state index in [0.717, 1.165) is 11.6 Å². The van der Waals surface area contributed by atoms with Crippen LogP contribution in [0.5, 0.6) is 0 Å². The zero-order valence-electron chi connectivity index (χ0n) is 18.3. The van der Waals surface area contributed by atoms with Crippen molar-refractivity contribution >= 4 is 38.7 Å². The molecule has 1 aromatic carbocycles. The molecule has 0 bridgehead atoms. The van der Waals surface area contributed by atoms with Crippen LogP contribution in [0.15, 0.2) is 48.2 Å². The number of ether oxygens (including phenoxy) is 1. The lowest BCUT2D eigenvalue weighted by atomic mass is 10.0. The molecule has 1 unspecified atom stereocenters. The van der Waals surface area contributed by atoms with Crippen LogP contribution >= 0.6 is 0 Å². The average Bonchev–Trinajstić information content (AvgIpc) is 2.78. The van der Waals surface area contributed by atoms with Gasteiger partial charge in [-0.3, -0.25) is 23.6 Å². The number of nitrogens with zero attached hydrogens (tertiary/aromatic N) is 2. The smallest absolute Gasteiger partial charge is 0.325 e. The second-order valence-electron chi connectivity index (χ2n) is 7.58. The number of carbonyl (C=O) groups is 3. The first-order valence-electron chi connectivity index (χ1n) is 10.2. The first-order chi connectivity index (χ1) is 15.7. The first-order valence-corrected chi connectivity index (χ1v) is 12.0. The van der Waals surface area contributed by atoms with Crippen molar-refractivity contribution in [2.45, 2.75) is 18.9 Å². The molecule has 3 rings (SSSR count). The van der Waals surface area contributed by atoms with Gasteiger partial charge in [-0.15, -0.1) is 0 Å². The van der Waals surface area contributed by atoms with E-state index in [1.165, 1.54) is 18.2 Å². The number of fused-ring (bicyclic) bond motifs is 1. The van der Waals surface area contributed by atoms with Crippen molar-refractivity contribution in [3.05, 3.63) is 53.9 Å². The predicted octanol–water partition coefficient (Wildman–Crippen LogP) is 1.03. The molecule has 1 N–H and O–H groups in total. The second kappa shape index (κ2) is 10.5. The van der Waals surface area contributed by atoms with Crippen molar-refractivity contribution in [3.63, 3.8) is 0 Å². The maximum absolute atomic E-state index is 13.2. The molecule has 0 saturated heterocycles. The van der Waals surface area contributed by atoms with Gasteiger partial charge in [-0.05, 0) is 29.9 Å². The molecular formula is C22H25N3O7S. The molecule has 11 heteroatoms. The first kappa shape index (κ1) is 24.3. The van der Waals surface area contributed by atoms with E-state index in [1.54, 1.807) is 24.3 Å². The minimum absolute atomic E-state index is 0.0393. The third kappa shape index (κ3) is 6.59. The van der Waals surface area contributed by atoms with Gasteiger partial charge in [0.25, 0.3) is 16.0 Å². The van der Waals surface area contributed by atoms with Gasteiger partial charge in [0.1, 0.15) is 18.3 Å². The van der Waals surface area contributed by atoms with Gasteiger partial charge in [-0.25, -0.2) is 0 Å². The minimum Gasteiger partial charge on any atom is -0.468 e. The van der Waals surface area contributed by atoms with Crippen LogP contribution < -0.4 is 5.32 Å². The number of carbonyl (C=O) groups excluding carboxylic acids is 3. The van der Waals surface area contributed by atoms with Crippen LogP contribution in [0.3, 0.4) is 0 Å². The van der Waals surface area contributed by atoms with Gasteiger partial charge < -0.3 is 15.0 Å². The Morgan fingerprint density at radius 1 is 1.24 bits per heavy atom. The van der Waals surface area contributed by atoms with Gasteiger partial charge in [-0.2, -0.15) is 8.42 Å². The lowest BCUT2D eigenvalue weighted by molar-refractivity contribution is -0.147. The highest BCUT2D eigenvalue weighted by Crippen LogP contribution is 2.18. The Bertz CT molecular complexity index is 1190. The van der Waals surface area contributed by atoms with Crippen molar-refractivity contribution < 1.29 is 31.7 Å². The highest BCUT2D eigenvalue weighted by Gasteiger charge is 2.30. The Balaban J connectivity index is 1.82. The normalized spacial score (nSPS) is 18.7. The summed E-state index contributed by atoms with van der Waals surface area (Å²) in [4.78, 5) is 43.5.